The summed E-state index contributed by atoms with van der Waals surface area (Å²) in [4.78, 5) is 0. The Kier molecular flexibility index (Phi) is 19.1. The van der Waals surface area contributed by atoms with Crippen molar-refractivity contribution < 1.29 is 0 Å². The Hall–Kier alpha value is -6.70. The van der Waals surface area contributed by atoms with Crippen LogP contribution >= 0.6 is 0 Å². The van der Waals surface area contributed by atoms with Crippen molar-refractivity contribution >= 4 is 64.3 Å². The highest BCUT2D eigenvalue weighted by Gasteiger charge is 2.42. The molecule has 0 amide bonds. The third-order valence-corrected chi connectivity index (χ3v) is 16.5. The maximum atomic E-state index is 3.93. The second-order valence-corrected chi connectivity index (χ2v) is 22.1. The van der Waals surface area contributed by atoms with Gasteiger partial charge in [-0.2, -0.15) is 0 Å². The van der Waals surface area contributed by atoms with Crippen LogP contribution in [-0.2, 0) is 18.3 Å². The Morgan fingerprint density at radius 2 is 0.711 bits per heavy atom. The molecule has 0 saturated carbocycles. The maximum Gasteiger partial charge on any atom is 0.0541 e. The van der Waals surface area contributed by atoms with Gasteiger partial charge in [0.25, 0.3) is 0 Å². The normalized spacial score (nSPS) is 13.0. The molecule has 0 bridgehead atoms. The van der Waals surface area contributed by atoms with Crippen molar-refractivity contribution in [3.63, 3.8) is 0 Å². The summed E-state index contributed by atoms with van der Waals surface area (Å²) >= 11 is 0. The lowest BCUT2D eigenvalue weighted by atomic mass is 9.70. The van der Waals surface area contributed by atoms with E-state index in [1.165, 1.54) is 210 Å². The average Bonchev–Trinajstić information content (AvgIpc) is 3.98. The zero-order valence-corrected chi connectivity index (χ0v) is 46.7. The van der Waals surface area contributed by atoms with Crippen molar-refractivity contribution in [2.45, 2.75) is 162 Å². The molecule has 1 nitrogen and oxygen atoms in total. The van der Waals surface area contributed by atoms with Gasteiger partial charge in [0.2, 0.25) is 0 Å². The number of nitrogens with zero attached hydrogens (tertiary/aromatic N) is 1. The van der Waals surface area contributed by atoms with E-state index < -0.39 is 0 Å². The Bertz CT molecular complexity index is 3160. The number of hydrogen-bond donors (Lipinski definition) is 0. The summed E-state index contributed by atoms with van der Waals surface area (Å²) in [6, 6.07) is 55.8. The molecule has 0 unspecified atom stereocenters. The second kappa shape index (κ2) is 26.9. The average molecular weight is 1000 g/mol. The largest absolute Gasteiger partial charge is 0.309 e. The van der Waals surface area contributed by atoms with Gasteiger partial charge in [-0.05, 0) is 147 Å². The number of aromatic nitrogens is 1. The summed E-state index contributed by atoms with van der Waals surface area (Å²) in [5.41, 5.74) is 21.2. The molecule has 0 aliphatic heterocycles. The number of rotatable bonds is 28. The van der Waals surface area contributed by atoms with Gasteiger partial charge in [-0.15, -0.1) is 0 Å². The molecule has 1 aliphatic rings. The van der Waals surface area contributed by atoms with Crippen LogP contribution in [0, 0.1) is 0 Å². The van der Waals surface area contributed by atoms with Crippen molar-refractivity contribution in [1.29, 1.82) is 0 Å². The van der Waals surface area contributed by atoms with Crippen molar-refractivity contribution in [2.75, 3.05) is 0 Å². The lowest BCUT2D eigenvalue weighted by molar-refractivity contribution is 0.401. The molecule has 8 aromatic rings. The zero-order valence-electron chi connectivity index (χ0n) is 46.7. The Morgan fingerprint density at radius 1 is 0.355 bits per heavy atom. The van der Waals surface area contributed by atoms with Gasteiger partial charge in [-0.1, -0.05) is 276 Å². The number of fused-ring (bicyclic) bond motifs is 6. The molecule has 76 heavy (non-hydrogen) atoms. The first-order valence-electron chi connectivity index (χ1n) is 29.8. The monoisotopic (exact) mass is 1000 g/mol. The molecule has 0 fully saturated rings. The van der Waals surface area contributed by atoms with Crippen LogP contribution in [0.25, 0.3) is 81.2 Å². The molecule has 0 saturated heterocycles. The minimum absolute atomic E-state index is 0.0137. The molecule has 1 aliphatic carbocycles. The van der Waals surface area contributed by atoms with E-state index >= 15 is 0 Å². The van der Waals surface area contributed by atoms with Gasteiger partial charge in [0.15, 0.2) is 0 Å². The molecule has 390 valence electrons. The van der Waals surface area contributed by atoms with Gasteiger partial charge >= 0.3 is 0 Å². The summed E-state index contributed by atoms with van der Waals surface area (Å²) in [7, 11) is 0. The summed E-state index contributed by atoms with van der Waals surface area (Å²) < 4.78 is 2.48. The van der Waals surface area contributed by atoms with Gasteiger partial charge in [-0.25, -0.2) is 0 Å². The van der Waals surface area contributed by atoms with Crippen molar-refractivity contribution in [3.8, 4) is 16.8 Å². The first-order chi connectivity index (χ1) is 37.4. The summed E-state index contributed by atoms with van der Waals surface area (Å²) in [5, 5.41) is 2.76. The lowest BCUT2D eigenvalue weighted by Crippen LogP contribution is -2.25. The fraction of sp³-hybridized carbons (Fsp3) is 0.333. The minimum Gasteiger partial charge on any atom is -0.309 e. The smallest absolute Gasteiger partial charge is 0.0541 e. The molecule has 7 aromatic carbocycles. The first-order valence-corrected chi connectivity index (χ1v) is 29.8. The topological polar surface area (TPSA) is 4.93 Å². The molecule has 1 heterocycles. The predicted octanol–water partition coefficient (Wildman–Crippen LogP) is 22.4. The Morgan fingerprint density at radius 3 is 1.11 bits per heavy atom. The summed E-state index contributed by atoms with van der Waals surface area (Å²) in [6.45, 7) is 13.2. The molecular weight excluding hydrogens is 915 g/mol. The number of hydrogen-bond acceptors (Lipinski definition) is 0. The highest BCUT2D eigenvalue weighted by atomic mass is 15.0. The number of aryl methyl sites for hydroxylation is 2. The van der Waals surface area contributed by atoms with Crippen LogP contribution in [0.2, 0.25) is 0 Å². The van der Waals surface area contributed by atoms with Crippen molar-refractivity contribution in [1.82, 2.24) is 4.57 Å². The third-order valence-electron chi connectivity index (χ3n) is 16.5. The van der Waals surface area contributed by atoms with Crippen LogP contribution in [0.3, 0.4) is 0 Å². The summed E-state index contributed by atoms with van der Waals surface area (Å²) in [5.74, 6) is 0. The van der Waals surface area contributed by atoms with Gasteiger partial charge in [0, 0.05) is 21.9 Å². The molecule has 0 atom stereocenters. The first kappa shape index (κ1) is 54.1. The summed E-state index contributed by atoms with van der Waals surface area (Å²) in [6.07, 6.45) is 40.8. The lowest BCUT2D eigenvalue weighted by Gasteiger charge is -2.33. The van der Waals surface area contributed by atoms with Crippen molar-refractivity contribution in [2.24, 2.45) is 0 Å². The predicted molar refractivity (Wildman–Crippen MR) is 336 cm³/mol. The fourth-order valence-corrected chi connectivity index (χ4v) is 12.1. The molecule has 9 rings (SSSR count). The maximum absolute atomic E-state index is 3.93. The second-order valence-electron chi connectivity index (χ2n) is 22.1. The third kappa shape index (κ3) is 13.1. The van der Waals surface area contributed by atoms with Crippen LogP contribution in [0.5, 0.6) is 0 Å². The van der Waals surface area contributed by atoms with E-state index in [0.717, 1.165) is 18.4 Å². The molecule has 0 spiro atoms. The van der Waals surface area contributed by atoms with Crippen LogP contribution in [0.1, 0.15) is 204 Å². The van der Waals surface area contributed by atoms with E-state index in [1.54, 1.807) is 0 Å². The minimum atomic E-state index is 0.0137. The van der Waals surface area contributed by atoms with E-state index in [0.29, 0.717) is 0 Å². The van der Waals surface area contributed by atoms with Gasteiger partial charge in [0.1, 0.15) is 0 Å². The van der Waals surface area contributed by atoms with Crippen molar-refractivity contribution in [3.05, 3.63) is 213 Å². The quantitative estimate of drug-likeness (QED) is 0.0340. The van der Waals surface area contributed by atoms with E-state index in [2.05, 4.69) is 221 Å². The van der Waals surface area contributed by atoms with Gasteiger partial charge in [-0.3, -0.25) is 0 Å². The Labute approximate surface area is 458 Å². The van der Waals surface area contributed by atoms with Gasteiger partial charge < -0.3 is 4.57 Å². The molecule has 1 aromatic heterocycles. The number of benzene rings is 7. The fourth-order valence-electron chi connectivity index (χ4n) is 12.1. The highest BCUT2D eigenvalue weighted by molar-refractivity contribution is 6.09. The van der Waals surface area contributed by atoms with Gasteiger partial charge in [0.05, 0.1) is 11.0 Å². The van der Waals surface area contributed by atoms with E-state index in [-0.39, 0.29) is 5.41 Å². The highest BCUT2D eigenvalue weighted by Crippen LogP contribution is 2.55. The van der Waals surface area contributed by atoms with Crippen LogP contribution in [-0.4, -0.2) is 4.57 Å². The number of unbranched alkanes of at least 4 members (excludes halogenated alkanes) is 12. The molecule has 0 radical (unpaired) electrons. The van der Waals surface area contributed by atoms with E-state index in [1.807, 2.05) is 6.08 Å². The zero-order chi connectivity index (χ0) is 52.5. The molecule has 0 N–H and O–H groups in total. The van der Waals surface area contributed by atoms with Crippen LogP contribution < -0.4 is 0 Å². The molecule has 1 heteroatoms. The standard InChI is InChI=1S/C75H85N/c1-6-11-15-19-23-62-43-49-73-69(53-62)70-54-63(24-20-16-12-7-2)44-50-74(70)76(73)66-45-39-61(40-46-66)34-33-59-29-31-60(32-30-59)36-38-65-42-48-68-67-47-41-64(37-35-58-27-25-57(10-5)26-28-58)55-71(67)75(72(68)56-65,51-21-17-13-8-3)52-22-18-14-9-4/h10,25-50,53-56H,5-9,11-24,51-52H2,1-4H3/b34-33+,37-35+,38-36+. The van der Waals surface area contributed by atoms with Crippen LogP contribution in [0.4, 0.5) is 0 Å². The van der Waals surface area contributed by atoms with E-state index in [9.17, 15) is 0 Å². The van der Waals surface area contributed by atoms with E-state index in [4.69, 9.17) is 0 Å². The molecular formula is C75H85N. The Balaban J connectivity index is 0.924. The van der Waals surface area contributed by atoms with Crippen LogP contribution in [0.15, 0.2) is 152 Å². The SMILES string of the molecule is C=Cc1ccc(/C=C/c2ccc3c(c2)C(CCCCCC)(CCCCCC)c2cc(/C=C/c4ccc(/C=C/c5ccc(-n6c7ccc(CCCCCC)cc7c7cc(CCCCCC)ccc76)cc5)cc4)ccc2-3)cc1.